The van der Waals surface area contributed by atoms with Crippen LogP contribution in [0.4, 0.5) is 10.5 Å². The molecule has 1 amide bonds. The Labute approximate surface area is 129 Å². The van der Waals surface area contributed by atoms with Crippen molar-refractivity contribution in [3.05, 3.63) is 33.6 Å². The highest BCUT2D eigenvalue weighted by Crippen LogP contribution is 2.13. The predicted molar refractivity (Wildman–Crippen MR) is 81.4 cm³/mol. The predicted octanol–water partition coefficient (Wildman–Crippen LogP) is 2.56. The van der Waals surface area contributed by atoms with Crippen molar-refractivity contribution in [2.24, 2.45) is 0 Å². The Morgan fingerprint density at radius 3 is 2.73 bits per heavy atom. The summed E-state index contributed by atoms with van der Waals surface area (Å²) < 4.78 is 5.08. The van der Waals surface area contributed by atoms with Gasteiger partial charge in [0.2, 0.25) is 0 Å². The second-order valence-corrected chi connectivity index (χ2v) is 5.60. The van der Waals surface area contributed by atoms with Crippen molar-refractivity contribution >= 4 is 11.8 Å². The van der Waals surface area contributed by atoms with E-state index in [0.717, 1.165) is 0 Å². The first-order valence-corrected chi connectivity index (χ1v) is 6.76. The Morgan fingerprint density at radius 1 is 1.50 bits per heavy atom. The Hall–Kier alpha value is -2.62. The van der Waals surface area contributed by atoms with E-state index in [2.05, 4.69) is 22.1 Å². The van der Waals surface area contributed by atoms with Crippen molar-refractivity contribution < 1.29 is 14.5 Å². The number of ether oxygens (including phenoxy) is 1. The van der Waals surface area contributed by atoms with Crippen LogP contribution >= 0.6 is 0 Å². The Bertz CT molecular complexity index is 624. The minimum absolute atomic E-state index is 0.0605. The van der Waals surface area contributed by atoms with E-state index in [1.807, 2.05) is 0 Å². The highest BCUT2D eigenvalue weighted by Gasteiger charge is 2.15. The molecule has 1 aromatic rings. The van der Waals surface area contributed by atoms with Crippen LogP contribution in [0.1, 0.15) is 38.4 Å². The zero-order chi connectivity index (χ0) is 16.8. The lowest BCUT2D eigenvalue weighted by Gasteiger charge is -2.19. The summed E-state index contributed by atoms with van der Waals surface area (Å²) in [4.78, 5) is 25.4. The van der Waals surface area contributed by atoms with Gasteiger partial charge in [-0.25, -0.2) is 9.78 Å². The lowest BCUT2D eigenvalue weighted by atomic mass is 10.2. The first-order chi connectivity index (χ1) is 10.2. The summed E-state index contributed by atoms with van der Waals surface area (Å²) in [5.74, 6) is 5.68. The maximum atomic E-state index is 11.4. The van der Waals surface area contributed by atoms with Crippen LogP contribution in [-0.2, 0) is 4.74 Å². The molecule has 22 heavy (non-hydrogen) atoms. The van der Waals surface area contributed by atoms with Crippen molar-refractivity contribution in [2.45, 2.75) is 39.7 Å². The van der Waals surface area contributed by atoms with Gasteiger partial charge in [-0.1, -0.05) is 5.92 Å². The summed E-state index contributed by atoms with van der Waals surface area (Å²) in [6.07, 6.45) is 1.12. The lowest BCUT2D eigenvalue weighted by Crippen LogP contribution is -2.32. The number of aromatic nitrogens is 1. The molecule has 0 atom stereocenters. The van der Waals surface area contributed by atoms with E-state index in [4.69, 9.17) is 4.74 Å². The molecule has 0 aliphatic heterocycles. The number of hydrogen-bond acceptors (Lipinski definition) is 5. The maximum Gasteiger partial charge on any atom is 0.407 e. The molecule has 0 unspecified atom stereocenters. The molecular weight excluding hydrogens is 286 g/mol. The number of carbonyl (C=O) groups excluding carboxylic acids is 1. The molecule has 0 aliphatic carbocycles. The summed E-state index contributed by atoms with van der Waals surface area (Å²) in [7, 11) is 0. The van der Waals surface area contributed by atoms with Gasteiger partial charge in [-0.2, -0.15) is 0 Å². The zero-order valence-electron chi connectivity index (χ0n) is 13.1. The van der Waals surface area contributed by atoms with Crippen molar-refractivity contribution in [2.75, 3.05) is 6.54 Å². The maximum absolute atomic E-state index is 11.4. The summed E-state index contributed by atoms with van der Waals surface area (Å²) in [5, 5.41) is 13.2. The van der Waals surface area contributed by atoms with Crippen LogP contribution in [0.25, 0.3) is 0 Å². The number of aryl methyl sites for hydroxylation is 1. The average molecular weight is 305 g/mol. The topological polar surface area (TPSA) is 94.4 Å². The number of nitro groups is 1. The van der Waals surface area contributed by atoms with Gasteiger partial charge < -0.3 is 10.1 Å². The smallest absolute Gasteiger partial charge is 0.407 e. The molecule has 7 heteroatoms. The largest absolute Gasteiger partial charge is 0.444 e. The molecule has 0 fully saturated rings. The standard InChI is InChI=1S/C15H19N3O4/c1-11-9-12(18(20)21)10-17-13(11)7-5-6-8-16-14(19)22-15(2,3)4/h9-10H,6,8H2,1-4H3,(H,16,19). The number of pyridine rings is 1. The monoisotopic (exact) mass is 305 g/mol. The lowest BCUT2D eigenvalue weighted by molar-refractivity contribution is -0.385. The summed E-state index contributed by atoms with van der Waals surface area (Å²) >= 11 is 0. The van der Waals surface area contributed by atoms with Crippen molar-refractivity contribution in [3.63, 3.8) is 0 Å². The van der Waals surface area contributed by atoms with Gasteiger partial charge in [-0.3, -0.25) is 10.1 Å². The second kappa shape index (κ2) is 7.41. The second-order valence-electron chi connectivity index (χ2n) is 5.60. The Morgan fingerprint density at radius 2 is 2.18 bits per heavy atom. The van der Waals surface area contributed by atoms with Crippen molar-refractivity contribution in [1.82, 2.24) is 10.3 Å². The van der Waals surface area contributed by atoms with E-state index < -0.39 is 16.6 Å². The van der Waals surface area contributed by atoms with Crippen LogP contribution in [0.2, 0.25) is 0 Å². The Balaban J connectivity index is 2.48. The van der Waals surface area contributed by atoms with E-state index in [-0.39, 0.29) is 5.69 Å². The van der Waals surface area contributed by atoms with Gasteiger partial charge in [0, 0.05) is 19.0 Å². The first kappa shape index (κ1) is 17.4. The van der Waals surface area contributed by atoms with Crippen LogP contribution in [0.5, 0.6) is 0 Å². The third-order valence-electron chi connectivity index (χ3n) is 2.40. The first-order valence-electron chi connectivity index (χ1n) is 6.76. The highest BCUT2D eigenvalue weighted by molar-refractivity contribution is 5.67. The van der Waals surface area contributed by atoms with Gasteiger partial charge in [0.1, 0.15) is 17.5 Å². The molecule has 1 heterocycles. The quantitative estimate of drug-likeness (QED) is 0.401. The van der Waals surface area contributed by atoms with Crippen LogP contribution in [0, 0.1) is 28.9 Å². The zero-order valence-corrected chi connectivity index (χ0v) is 13.1. The van der Waals surface area contributed by atoms with Gasteiger partial charge in [-0.05, 0) is 39.2 Å². The van der Waals surface area contributed by atoms with Gasteiger partial charge >= 0.3 is 6.09 Å². The molecule has 0 aliphatic rings. The number of rotatable bonds is 3. The minimum Gasteiger partial charge on any atom is -0.444 e. The molecule has 0 spiro atoms. The number of nitrogens with zero attached hydrogens (tertiary/aromatic N) is 2. The van der Waals surface area contributed by atoms with E-state index in [1.165, 1.54) is 12.3 Å². The van der Waals surface area contributed by atoms with Gasteiger partial charge in [0.05, 0.1) is 4.92 Å². The summed E-state index contributed by atoms with van der Waals surface area (Å²) in [6.45, 7) is 7.43. The molecule has 1 rings (SSSR count). The fourth-order valence-corrected chi connectivity index (χ4v) is 1.48. The van der Waals surface area contributed by atoms with E-state index in [0.29, 0.717) is 24.2 Å². The summed E-state index contributed by atoms with van der Waals surface area (Å²) in [6, 6.07) is 1.43. The third-order valence-corrected chi connectivity index (χ3v) is 2.40. The number of alkyl carbamates (subject to hydrolysis) is 1. The molecule has 0 saturated carbocycles. The van der Waals surface area contributed by atoms with Crippen LogP contribution < -0.4 is 5.32 Å². The number of amides is 1. The molecule has 0 aromatic carbocycles. The molecule has 1 N–H and O–H groups in total. The molecule has 118 valence electrons. The molecule has 1 aromatic heterocycles. The SMILES string of the molecule is Cc1cc([N+](=O)[O-])cnc1C#CCCNC(=O)OC(C)(C)C. The van der Waals surface area contributed by atoms with Crippen LogP contribution in [0.15, 0.2) is 12.3 Å². The average Bonchev–Trinajstić information content (AvgIpc) is 2.37. The summed E-state index contributed by atoms with van der Waals surface area (Å²) in [5.41, 5.74) is 0.537. The fourth-order valence-electron chi connectivity index (χ4n) is 1.48. The number of carbonyl (C=O) groups is 1. The number of nitrogens with one attached hydrogen (secondary N) is 1. The van der Waals surface area contributed by atoms with Crippen molar-refractivity contribution in [1.29, 1.82) is 0 Å². The van der Waals surface area contributed by atoms with Gasteiger partial charge in [-0.15, -0.1) is 0 Å². The van der Waals surface area contributed by atoms with Crippen LogP contribution in [-0.4, -0.2) is 28.1 Å². The van der Waals surface area contributed by atoms with E-state index in [1.54, 1.807) is 27.7 Å². The Kier molecular flexibility index (Phi) is 5.87. The molecular formula is C15H19N3O4. The minimum atomic E-state index is -0.532. The van der Waals surface area contributed by atoms with E-state index >= 15 is 0 Å². The molecule has 0 radical (unpaired) electrons. The third kappa shape index (κ3) is 6.22. The van der Waals surface area contributed by atoms with E-state index in [9.17, 15) is 14.9 Å². The molecule has 7 nitrogen and oxygen atoms in total. The van der Waals surface area contributed by atoms with Crippen LogP contribution in [0.3, 0.4) is 0 Å². The highest BCUT2D eigenvalue weighted by atomic mass is 16.6. The molecule has 0 bridgehead atoms. The number of hydrogen-bond donors (Lipinski definition) is 1. The van der Waals surface area contributed by atoms with Crippen molar-refractivity contribution in [3.8, 4) is 11.8 Å². The molecule has 0 saturated heterocycles. The van der Waals surface area contributed by atoms with Gasteiger partial charge in [0.15, 0.2) is 0 Å². The van der Waals surface area contributed by atoms with Gasteiger partial charge in [0.25, 0.3) is 5.69 Å². The fraction of sp³-hybridized carbons (Fsp3) is 0.467. The normalized spacial score (nSPS) is 10.4.